The predicted octanol–water partition coefficient (Wildman–Crippen LogP) is 16.1. The van der Waals surface area contributed by atoms with E-state index in [4.69, 9.17) is 8.83 Å². The number of benzene rings is 10. The summed E-state index contributed by atoms with van der Waals surface area (Å²) in [5.41, 5.74) is 18.6. The standard InChI is InChI=1S/C59H35NO2/c1-2-16-37-34-56-47(33-36(37)15-1)45-23-13-22-44(58(45)62-56)43-20-6-11-27-52(43)60(53-28-14-30-55-57(53)46-21-7-12-29-54(46)61-55)38-31-32-42-41-19-5-10-26-50(41)59(51(42)35-38)48-24-8-3-17-39(48)40-18-4-9-25-49(40)59/h1-35H. The van der Waals surface area contributed by atoms with Crippen LogP contribution in [-0.2, 0) is 5.41 Å². The number of anilines is 3. The van der Waals surface area contributed by atoms with Crippen molar-refractivity contribution in [3.05, 3.63) is 235 Å². The average Bonchev–Trinajstić information content (AvgIpc) is 4.06. The molecule has 1 spiro atoms. The van der Waals surface area contributed by atoms with Crippen LogP contribution in [0.2, 0.25) is 0 Å². The van der Waals surface area contributed by atoms with Gasteiger partial charge in [0.15, 0.2) is 0 Å². The topological polar surface area (TPSA) is 29.5 Å². The highest BCUT2D eigenvalue weighted by Crippen LogP contribution is 2.63. The smallest absolute Gasteiger partial charge is 0.143 e. The van der Waals surface area contributed by atoms with Crippen molar-refractivity contribution in [3.8, 4) is 33.4 Å². The molecule has 0 N–H and O–H groups in total. The van der Waals surface area contributed by atoms with Crippen molar-refractivity contribution < 1.29 is 8.83 Å². The summed E-state index contributed by atoms with van der Waals surface area (Å²) < 4.78 is 13.5. The zero-order valence-electron chi connectivity index (χ0n) is 33.5. The van der Waals surface area contributed by atoms with Crippen LogP contribution in [0, 0.1) is 0 Å². The lowest BCUT2D eigenvalue weighted by Gasteiger charge is -2.33. The summed E-state index contributed by atoms with van der Waals surface area (Å²) >= 11 is 0. The Labute approximate surface area is 357 Å². The van der Waals surface area contributed by atoms with Gasteiger partial charge in [-0.2, -0.15) is 0 Å². The third-order valence-corrected chi connectivity index (χ3v) is 13.7. The number of fused-ring (bicyclic) bond motifs is 17. The van der Waals surface area contributed by atoms with E-state index in [0.29, 0.717) is 0 Å². The van der Waals surface area contributed by atoms with E-state index < -0.39 is 5.41 Å². The molecule has 14 rings (SSSR count). The normalized spacial score (nSPS) is 13.3. The summed E-state index contributed by atoms with van der Waals surface area (Å²) in [4.78, 5) is 2.46. The number of nitrogens with zero attached hydrogens (tertiary/aromatic N) is 1. The number of hydrogen-bond acceptors (Lipinski definition) is 3. The molecule has 288 valence electrons. The largest absolute Gasteiger partial charge is 0.456 e. The third kappa shape index (κ3) is 4.39. The molecular weight excluding hydrogens is 755 g/mol. The second-order valence-corrected chi connectivity index (χ2v) is 16.7. The Hall–Kier alpha value is -8.14. The van der Waals surface area contributed by atoms with Gasteiger partial charge in [0.1, 0.15) is 22.3 Å². The highest BCUT2D eigenvalue weighted by molar-refractivity contribution is 6.16. The van der Waals surface area contributed by atoms with Crippen molar-refractivity contribution in [2.45, 2.75) is 5.41 Å². The quantitative estimate of drug-likeness (QED) is 0.178. The van der Waals surface area contributed by atoms with Crippen LogP contribution in [0.15, 0.2) is 221 Å². The van der Waals surface area contributed by atoms with Crippen molar-refractivity contribution in [1.82, 2.24) is 0 Å². The Morgan fingerprint density at radius 2 is 0.871 bits per heavy atom. The predicted molar refractivity (Wildman–Crippen MR) is 255 cm³/mol. The molecule has 0 bridgehead atoms. The molecule has 0 radical (unpaired) electrons. The first-order valence-electron chi connectivity index (χ1n) is 21.3. The monoisotopic (exact) mass is 789 g/mol. The SMILES string of the molecule is c1ccc(N(c2ccc3c(c2)C2(c4ccccc4-c4ccccc42)c2ccccc2-3)c2cccc3oc4ccccc4c23)c(-c2cccc3c2oc2cc4ccccc4cc23)c1. The zero-order chi connectivity index (χ0) is 40.5. The van der Waals surface area contributed by atoms with E-state index in [1.54, 1.807) is 0 Å². The fourth-order valence-corrected chi connectivity index (χ4v) is 11.2. The molecule has 2 heterocycles. The third-order valence-electron chi connectivity index (χ3n) is 13.7. The Bertz CT molecular complexity index is 3780. The fourth-order valence-electron chi connectivity index (χ4n) is 11.2. The van der Waals surface area contributed by atoms with Crippen molar-refractivity contribution in [2.24, 2.45) is 0 Å². The summed E-state index contributed by atoms with van der Waals surface area (Å²) in [5, 5.41) is 6.73. The fraction of sp³-hybridized carbons (Fsp3) is 0.0169. The van der Waals surface area contributed by atoms with Crippen LogP contribution in [0.25, 0.3) is 88.0 Å². The summed E-state index contributed by atoms with van der Waals surface area (Å²) in [6.07, 6.45) is 0. The molecule has 2 aromatic heterocycles. The molecule has 3 nitrogen and oxygen atoms in total. The second kappa shape index (κ2) is 12.4. The van der Waals surface area contributed by atoms with Gasteiger partial charge in [0, 0.05) is 33.0 Å². The van der Waals surface area contributed by atoms with Crippen LogP contribution in [0.1, 0.15) is 22.3 Å². The lowest BCUT2D eigenvalue weighted by Crippen LogP contribution is -2.26. The zero-order valence-corrected chi connectivity index (χ0v) is 33.5. The maximum Gasteiger partial charge on any atom is 0.143 e. The van der Waals surface area contributed by atoms with Crippen LogP contribution in [0.5, 0.6) is 0 Å². The minimum Gasteiger partial charge on any atom is -0.456 e. The molecule has 0 unspecified atom stereocenters. The van der Waals surface area contributed by atoms with Crippen LogP contribution in [0.3, 0.4) is 0 Å². The Kier molecular flexibility index (Phi) is 6.76. The molecular formula is C59H35NO2. The second-order valence-electron chi connectivity index (χ2n) is 16.7. The molecule has 0 saturated carbocycles. The lowest BCUT2D eigenvalue weighted by molar-refractivity contribution is 0.669. The van der Waals surface area contributed by atoms with Gasteiger partial charge in [0.05, 0.1) is 22.2 Å². The van der Waals surface area contributed by atoms with Crippen LogP contribution in [-0.4, -0.2) is 0 Å². The van der Waals surface area contributed by atoms with Gasteiger partial charge in [-0.3, -0.25) is 0 Å². The first kappa shape index (κ1) is 33.7. The number of rotatable bonds is 4. The maximum absolute atomic E-state index is 6.90. The molecule has 62 heavy (non-hydrogen) atoms. The van der Waals surface area contributed by atoms with E-state index >= 15 is 0 Å². The molecule has 0 saturated heterocycles. The molecule has 2 aliphatic carbocycles. The average molecular weight is 790 g/mol. The van der Waals surface area contributed by atoms with E-state index in [9.17, 15) is 0 Å². The van der Waals surface area contributed by atoms with E-state index in [1.807, 2.05) is 6.07 Å². The van der Waals surface area contributed by atoms with Gasteiger partial charge in [-0.05, 0) is 104 Å². The van der Waals surface area contributed by atoms with Gasteiger partial charge in [0.2, 0.25) is 0 Å². The van der Waals surface area contributed by atoms with Gasteiger partial charge in [0.25, 0.3) is 0 Å². The van der Waals surface area contributed by atoms with Crippen LogP contribution >= 0.6 is 0 Å². The molecule has 0 fully saturated rings. The summed E-state index contributed by atoms with van der Waals surface area (Å²) in [6.45, 7) is 0. The van der Waals surface area contributed by atoms with Crippen LogP contribution in [0.4, 0.5) is 17.1 Å². The van der Waals surface area contributed by atoms with E-state index in [1.165, 1.54) is 49.9 Å². The van der Waals surface area contributed by atoms with Gasteiger partial charge < -0.3 is 13.7 Å². The highest BCUT2D eigenvalue weighted by atomic mass is 16.3. The minimum atomic E-state index is -0.488. The van der Waals surface area contributed by atoms with Crippen LogP contribution < -0.4 is 4.90 Å². The van der Waals surface area contributed by atoms with E-state index in [0.717, 1.165) is 77.5 Å². The molecule has 3 heteroatoms. The molecule has 12 aromatic rings. The Morgan fingerprint density at radius 1 is 0.323 bits per heavy atom. The van der Waals surface area contributed by atoms with E-state index in [2.05, 4.69) is 211 Å². The number of furan rings is 2. The highest BCUT2D eigenvalue weighted by Gasteiger charge is 2.51. The van der Waals surface area contributed by atoms with Gasteiger partial charge in [-0.15, -0.1) is 0 Å². The molecule has 0 amide bonds. The number of hydrogen-bond donors (Lipinski definition) is 0. The molecule has 0 atom stereocenters. The summed E-state index contributed by atoms with van der Waals surface area (Å²) in [5.74, 6) is 0. The lowest BCUT2D eigenvalue weighted by atomic mass is 9.70. The van der Waals surface area contributed by atoms with Crippen molar-refractivity contribution in [2.75, 3.05) is 4.90 Å². The van der Waals surface area contributed by atoms with Crippen molar-refractivity contribution >= 4 is 71.7 Å². The minimum absolute atomic E-state index is 0.488. The first-order chi connectivity index (χ1) is 30.8. The van der Waals surface area contributed by atoms with Crippen molar-refractivity contribution in [1.29, 1.82) is 0 Å². The molecule has 10 aromatic carbocycles. The molecule has 0 aliphatic heterocycles. The summed E-state index contributed by atoms with van der Waals surface area (Å²) in [7, 11) is 0. The van der Waals surface area contributed by atoms with Gasteiger partial charge in [-0.25, -0.2) is 0 Å². The van der Waals surface area contributed by atoms with Gasteiger partial charge in [-0.1, -0.05) is 164 Å². The Balaban J connectivity index is 1.07. The Morgan fingerprint density at radius 3 is 1.63 bits per heavy atom. The number of para-hydroxylation sites is 3. The van der Waals surface area contributed by atoms with Gasteiger partial charge >= 0.3 is 0 Å². The first-order valence-corrected chi connectivity index (χ1v) is 21.3. The summed E-state index contributed by atoms with van der Waals surface area (Å²) in [6, 6.07) is 77.3. The van der Waals surface area contributed by atoms with Crippen molar-refractivity contribution in [3.63, 3.8) is 0 Å². The maximum atomic E-state index is 6.90. The van der Waals surface area contributed by atoms with E-state index in [-0.39, 0.29) is 0 Å². The molecule has 2 aliphatic rings.